The van der Waals surface area contributed by atoms with Crippen LogP contribution in [-0.2, 0) is 27.8 Å². The van der Waals surface area contributed by atoms with Gasteiger partial charge in [-0.05, 0) is 66.4 Å². The number of benzene rings is 3. The number of aliphatic imine (C=N–C) groups is 1. The normalized spacial score (nSPS) is 14.8. The zero-order chi connectivity index (χ0) is 26.6. The van der Waals surface area contributed by atoms with Crippen molar-refractivity contribution in [3.05, 3.63) is 101 Å². The molecule has 0 spiro atoms. The van der Waals surface area contributed by atoms with E-state index in [1.807, 2.05) is 72.4 Å². The van der Waals surface area contributed by atoms with Gasteiger partial charge in [0, 0.05) is 42.1 Å². The van der Waals surface area contributed by atoms with Gasteiger partial charge in [0.2, 0.25) is 5.91 Å². The van der Waals surface area contributed by atoms with E-state index in [0.717, 1.165) is 33.8 Å². The molecule has 0 bridgehead atoms. The second-order valence-corrected chi connectivity index (χ2v) is 9.50. The lowest BCUT2D eigenvalue weighted by Crippen LogP contribution is -2.22. The van der Waals surface area contributed by atoms with E-state index < -0.39 is 5.92 Å². The van der Waals surface area contributed by atoms with E-state index in [2.05, 4.69) is 10.3 Å². The number of esters is 1. The van der Waals surface area contributed by atoms with Crippen molar-refractivity contribution >= 4 is 40.6 Å². The number of hydrogen-bond acceptors (Lipinski definition) is 5. The summed E-state index contributed by atoms with van der Waals surface area (Å²) in [7, 11) is 1.95. The highest BCUT2D eigenvalue weighted by atomic mass is 35.5. The third kappa shape index (κ3) is 5.38. The molecular formula is C30H27ClN4O3. The average molecular weight is 527 g/mol. The van der Waals surface area contributed by atoms with Crippen LogP contribution in [0.5, 0.6) is 0 Å². The Morgan fingerprint density at radius 3 is 2.55 bits per heavy atom. The van der Waals surface area contributed by atoms with E-state index in [-0.39, 0.29) is 11.9 Å². The molecule has 1 aromatic heterocycles. The summed E-state index contributed by atoms with van der Waals surface area (Å²) < 4.78 is 6.99. The van der Waals surface area contributed by atoms with Crippen LogP contribution in [0.1, 0.15) is 36.0 Å². The molecule has 1 N–H and O–H groups in total. The molecule has 38 heavy (non-hydrogen) atoms. The van der Waals surface area contributed by atoms with Crippen molar-refractivity contribution in [3.8, 4) is 11.4 Å². The fraction of sp³-hybridized carbons (Fsp3) is 0.200. The molecule has 192 valence electrons. The van der Waals surface area contributed by atoms with Gasteiger partial charge < -0.3 is 14.6 Å². The Hall–Kier alpha value is -4.23. The topological polar surface area (TPSA) is 85.6 Å². The van der Waals surface area contributed by atoms with Crippen LogP contribution in [-0.4, -0.2) is 33.7 Å². The fourth-order valence-corrected chi connectivity index (χ4v) is 4.76. The smallest absolute Gasteiger partial charge is 0.306 e. The van der Waals surface area contributed by atoms with Crippen molar-refractivity contribution in [3.63, 3.8) is 0 Å². The van der Waals surface area contributed by atoms with Gasteiger partial charge in [0.1, 0.15) is 11.7 Å². The van der Waals surface area contributed by atoms with Gasteiger partial charge in [0.05, 0.1) is 18.0 Å². The van der Waals surface area contributed by atoms with E-state index in [1.54, 1.807) is 25.3 Å². The molecule has 2 heterocycles. The molecule has 0 saturated carbocycles. The first kappa shape index (κ1) is 25.4. The number of imidazole rings is 1. The summed E-state index contributed by atoms with van der Waals surface area (Å²) in [5.41, 5.74) is 5.67. The van der Waals surface area contributed by atoms with Crippen molar-refractivity contribution in [2.75, 3.05) is 11.9 Å². The first-order chi connectivity index (χ1) is 18.4. The number of rotatable bonds is 8. The van der Waals surface area contributed by atoms with E-state index in [4.69, 9.17) is 21.3 Å². The molecule has 3 aromatic carbocycles. The highest BCUT2D eigenvalue weighted by molar-refractivity contribution is 6.31. The second kappa shape index (κ2) is 11.0. The lowest BCUT2D eigenvalue weighted by Gasteiger charge is -2.15. The minimum absolute atomic E-state index is 0.156. The van der Waals surface area contributed by atoms with Crippen LogP contribution in [0, 0.1) is 0 Å². The molecule has 5 rings (SSSR count). The van der Waals surface area contributed by atoms with E-state index in [9.17, 15) is 9.59 Å². The highest BCUT2D eigenvalue weighted by Gasteiger charge is 2.35. The minimum atomic E-state index is -0.595. The minimum Gasteiger partial charge on any atom is -0.466 e. The third-order valence-corrected chi connectivity index (χ3v) is 6.72. The summed E-state index contributed by atoms with van der Waals surface area (Å²) in [5.74, 6) is -0.107. The third-order valence-electron chi connectivity index (χ3n) is 6.49. The molecule has 1 amide bonds. The van der Waals surface area contributed by atoms with Gasteiger partial charge >= 0.3 is 5.97 Å². The Morgan fingerprint density at radius 2 is 1.87 bits per heavy atom. The number of aromatic nitrogens is 2. The number of carbonyl (C=O) groups excluding carboxylic acids is 2. The molecule has 4 aromatic rings. The summed E-state index contributed by atoms with van der Waals surface area (Å²) >= 11 is 6.18. The zero-order valence-corrected chi connectivity index (χ0v) is 21.9. The first-order valence-electron chi connectivity index (χ1n) is 12.4. The predicted molar refractivity (Wildman–Crippen MR) is 149 cm³/mol. The largest absolute Gasteiger partial charge is 0.466 e. The summed E-state index contributed by atoms with van der Waals surface area (Å²) in [6.07, 6.45) is 4.55. The Balaban J connectivity index is 1.50. The highest BCUT2D eigenvalue weighted by Crippen LogP contribution is 2.38. The van der Waals surface area contributed by atoms with Crippen molar-refractivity contribution in [1.82, 2.24) is 9.55 Å². The maximum atomic E-state index is 13.2. The van der Waals surface area contributed by atoms with Gasteiger partial charge in [0.15, 0.2) is 0 Å². The van der Waals surface area contributed by atoms with Crippen LogP contribution in [0.15, 0.2) is 84.1 Å². The number of aryl methyl sites for hydroxylation is 2. The Labute approximate surface area is 226 Å². The number of fused-ring (bicyclic) bond motifs is 1. The molecule has 1 aliphatic heterocycles. The molecule has 0 radical (unpaired) electrons. The molecular weight excluding hydrogens is 500 g/mol. The average Bonchev–Trinajstić information content (AvgIpc) is 3.48. The SMILES string of the molecule is CCOC(=O)CCc1ccc(C(=Nc2ccc(-c3nccn3C)cc2)C2C(=O)Nc3cc(Cl)ccc32)cc1. The number of amides is 1. The molecule has 1 atom stereocenters. The number of nitrogens with zero attached hydrogens (tertiary/aromatic N) is 3. The Bertz CT molecular complexity index is 1510. The van der Waals surface area contributed by atoms with Gasteiger partial charge in [-0.25, -0.2) is 4.98 Å². The van der Waals surface area contributed by atoms with Gasteiger partial charge in [-0.2, -0.15) is 0 Å². The quantitative estimate of drug-likeness (QED) is 0.222. The van der Waals surface area contributed by atoms with E-state index in [0.29, 0.717) is 35.9 Å². The number of carbonyl (C=O) groups is 2. The van der Waals surface area contributed by atoms with E-state index in [1.165, 1.54) is 0 Å². The van der Waals surface area contributed by atoms with Crippen LogP contribution in [0.4, 0.5) is 11.4 Å². The number of anilines is 1. The molecule has 7 nitrogen and oxygen atoms in total. The number of halogens is 1. The standard InChI is InChI=1S/C30H27ClN4O3/c1-3-38-26(36)15-6-19-4-7-20(8-5-19)28(27-24-14-11-22(31)18-25(24)34-30(27)37)33-23-12-9-21(10-13-23)29-32-16-17-35(29)2/h4-5,7-14,16-18,27H,3,6,15H2,1-2H3,(H,34,37). The summed E-state index contributed by atoms with van der Waals surface area (Å²) in [6, 6.07) is 21.0. The van der Waals surface area contributed by atoms with Crippen LogP contribution in [0.3, 0.4) is 0 Å². The van der Waals surface area contributed by atoms with E-state index >= 15 is 0 Å². The second-order valence-electron chi connectivity index (χ2n) is 9.06. The maximum Gasteiger partial charge on any atom is 0.306 e. The number of nitrogens with one attached hydrogen (secondary N) is 1. The number of hydrogen-bond donors (Lipinski definition) is 1. The van der Waals surface area contributed by atoms with Crippen molar-refractivity contribution in [1.29, 1.82) is 0 Å². The Kier molecular flexibility index (Phi) is 7.38. The van der Waals surface area contributed by atoms with Crippen LogP contribution < -0.4 is 5.32 Å². The molecule has 1 aliphatic rings. The van der Waals surface area contributed by atoms with Crippen molar-refractivity contribution in [2.24, 2.45) is 12.0 Å². The van der Waals surface area contributed by atoms with Gasteiger partial charge in [-0.3, -0.25) is 14.6 Å². The van der Waals surface area contributed by atoms with Crippen molar-refractivity contribution < 1.29 is 14.3 Å². The predicted octanol–water partition coefficient (Wildman–Crippen LogP) is 6.09. The maximum absolute atomic E-state index is 13.2. The number of ether oxygens (including phenoxy) is 1. The van der Waals surface area contributed by atoms with Crippen LogP contribution in [0.2, 0.25) is 5.02 Å². The summed E-state index contributed by atoms with van der Waals surface area (Å²) in [6.45, 7) is 2.17. The monoisotopic (exact) mass is 526 g/mol. The molecule has 0 fully saturated rings. The van der Waals surface area contributed by atoms with Gasteiger partial charge in [-0.15, -0.1) is 0 Å². The van der Waals surface area contributed by atoms with Crippen molar-refractivity contribution in [2.45, 2.75) is 25.7 Å². The van der Waals surface area contributed by atoms with Gasteiger partial charge in [0.25, 0.3) is 0 Å². The fourth-order valence-electron chi connectivity index (χ4n) is 4.59. The van der Waals surface area contributed by atoms with Crippen LogP contribution in [0.25, 0.3) is 11.4 Å². The summed E-state index contributed by atoms with van der Waals surface area (Å²) in [4.78, 5) is 34.4. The van der Waals surface area contributed by atoms with Crippen LogP contribution >= 0.6 is 11.6 Å². The molecule has 0 saturated heterocycles. The lowest BCUT2D eigenvalue weighted by molar-refractivity contribution is -0.143. The summed E-state index contributed by atoms with van der Waals surface area (Å²) in [5, 5.41) is 3.50. The lowest BCUT2D eigenvalue weighted by atomic mass is 9.90. The molecule has 0 aliphatic carbocycles. The first-order valence-corrected chi connectivity index (χ1v) is 12.8. The zero-order valence-electron chi connectivity index (χ0n) is 21.1. The Morgan fingerprint density at radius 1 is 1.11 bits per heavy atom. The van der Waals surface area contributed by atoms with Gasteiger partial charge in [-0.1, -0.05) is 41.9 Å². The molecule has 8 heteroatoms. The molecule has 1 unspecified atom stereocenters.